The highest BCUT2D eigenvalue weighted by Crippen LogP contribution is 2.43. The predicted octanol–water partition coefficient (Wildman–Crippen LogP) is 5.69. The van der Waals surface area contributed by atoms with E-state index in [1.54, 1.807) is 62.4 Å². The normalized spacial score (nSPS) is 18.5. The van der Waals surface area contributed by atoms with Gasteiger partial charge in [0.2, 0.25) is 5.78 Å². The Morgan fingerprint density at radius 1 is 0.860 bits per heavy atom. The molecule has 0 aromatic heterocycles. The van der Waals surface area contributed by atoms with Crippen molar-refractivity contribution in [3.8, 4) is 11.5 Å². The molecule has 3 atom stereocenters. The smallest absolute Gasteiger partial charge is 0.292 e. The van der Waals surface area contributed by atoms with Crippen LogP contribution in [-0.2, 0) is 19.2 Å². The fourth-order valence-electron chi connectivity index (χ4n) is 5.89. The lowest BCUT2D eigenvalue weighted by molar-refractivity contribution is -0.153. The van der Waals surface area contributed by atoms with E-state index in [9.17, 15) is 24.0 Å². The molecule has 3 aromatic rings. The molecule has 224 valence electrons. The van der Waals surface area contributed by atoms with Crippen LogP contribution in [0.15, 0.2) is 66.7 Å². The van der Waals surface area contributed by atoms with Crippen molar-refractivity contribution in [1.82, 2.24) is 0 Å². The van der Waals surface area contributed by atoms with Gasteiger partial charge in [0, 0.05) is 23.6 Å². The minimum atomic E-state index is -1.34. The number of rotatable bonds is 10. The fourth-order valence-corrected chi connectivity index (χ4v) is 5.89. The number of hydrogen-bond acceptors (Lipinski definition) is 7. The standard InChI is InChI=1S/C35H37NO7/c1-20-8-7-9-21(2)30(20)36-34(41)33(40)29-32(39)27(28(37)19-35(29,3)4)18-26(22-10-14-24(42-5)15-11-22)31(38)23-12-16-25(43-6)17-13-23/h7-17,26-27,29H,18-19H2,1-6H3,(H,36,41)/t26-,27+,29-/m0/s1. The van der Waals surface area contributed by atoms with Crippen molar-refractivity contribution >= 4 is 34.7 Å². The molecule has 8 nitrogen and oxygen atoms in total. The third-order valence-corrected chi connectivity index (χ3v) is 8.31. The predicted molar refractivity (Wildman–Crippen MR) is 163 cm³/mol. The lowest BCUT2D eigenvalue weighted by Crippen LogP contribution is -2.52. The lowest BCUT2D eigenvalue weighted by Gasteiger charge is -2.39. The second-order valence-corrected chi connectivity index (χ2v) is 11.8. The van der Waals surface area contributed by atoms with Crippen LogP contribution < -0.4 is 14.8 Å². The van der Waals surface area contributed by atoms with E-state index in [1.807, 2.05) is 32.0 Å². The molecule has 0 bridgehead atoms. The molecule has 0 heterocycles. The summed E-state index contributed by atoms with van der Waals surface area (Å²) in [7, 11) is 3.06. The van der Waals surface area contributed by atoms with E-state index in [4.69, 9.17) is 9.47 Å². The van der Waals surface area contributed by atoms with Gasteiger partial charge in [-0.25, -0.2) is 0 Å². The number of anilines is 1. The molecule has 1 aliphatic rings. The van der Waals surface area contributed by atoms with Crippen LogP contribution in [0.3, 0.4) is 0 Å². The molecule has 43 heavy (non-hydrogen) atoms. The maximum Gasteiger partial charge on any atom is 0.292 e. The molecule has 1 aliphatic carbocycles. The molecule has 3 aromatic carbocycles. The van der Waals surface area contributed by atoms with E-state index in [1.165, 1.54) is 14.2 Å². The summed E-state index contributed by atoms with van der Waals surface area (Å²) in [6.45, 7) is 6.93. The van der Waals surface area contributed by atoms with Crippen LogP contribution in [0.2, 0.25) is 0 Å². The molecule has 0 unspecified atom stereocenters. The SMILES string of the molecule is COc1ccc(C(=O)[C@@H](C[C@@H]2C(=O)CC(C)(C)[C@H](C(=O)C(=O)Nc3c(C)cccc3C)C2=O)c2ccc(OC)cc2)cc1. The number of carbonyl (C=O) groups excluding carboxylic acids is 5. The molecule has 0 saturated heterocycles. The number of ketones is 4. The minimum Gasteiger partial charge on any atom is -0.497 e. The van der Waals surface area contributed by atoms with Crippen LogP contribution in [0.5, 0.6) is 11.5 Å². The van der Waals surface area contributed by atoms with Gasteiger partial charge in [-0.3, -0.25) is 24.0 Å². The van der Waals surface area contributed by atoms with E-state index < -0.39 is 40.6 Å². The summed E-state index contributed by atoms with van der Waals surface area (Å²) in [6, 6.07) is 19.0. The summed E-state index contributed by atoms with van der Waals surface area (Å²) in [4.78, 5) is 68.2. The van der Waals surface area contributed by atoms with Crippen LogP contribution in [0.1, 0.15) is 59.7 Å². The molecule has 0 spiro atoms. The van der Waals surface area contributed by atoms with Gasteiger partial charge < -0.3 is 14.8 Å². The second-order valence-electron chi connectivity index (χ2n) is 11.8. The van der Waals surface area contributed by atoms with Crippen LogP contribution >= 0.6 is 0 Å². The Morgan fingerprint density at radius 2 is 1.40 bits per heavy atom. The molecule has 8 heteroatoms. The maximum absolute atomic E-state index is 14.0. The zero-order valence-electron chi connectivity index (χ0n) is 25.4. The number of ether oxygens (including phenoxy) is 2. The summed E-state index contributed by atoms with van der Waals surface area (Å²) >= 11 is 0. The van der Waals surface area contributed by atoms with E-state index in [0.717, 1.165) is 11.1 Å². The highest BCUT2D eigenvalue weighted by molar-refractivity contribution is 6.45. The summed E-state index contributed by atoms with van der Waals surface area (Å²) in [6.07, 6.45) is -0.213. The highest BCUT2D eigenvalue weighted by atomic mass is 16.5. The molecule has 1 saturated carbocycles. The maximum atomic E-state index is 14.0. The molecule has 4 rings (SSSR count). The highest BCUT2D eigenvalue weighted by Gasteiger charge is 2.53. The van der Waals surface area contributed by atoms with Gasteiger partial charge in [0.05, 0.1) is 26.1 Å². The Kier molecular flexibility index (Phi) is 9.28. The molecule has 0 radical (unpaired) electrons. The Hall–Kier alpha value is -4.59. The number of aryl methyl sites for hydroxylation is 2. The zero-order valence-corrected chi connectivity index (χ0v) is 25.4. The largest absolute Gasteiger partial charge is 0.497 e. The fraction of sp³-hybridized carbons (Fsp3) is 0.343. The van der Waals surface area contributed by atoms with Gasteiger partial charge in [-0.1, -0.05) is 44.2 Å². The average molecular weight is 584 g/mol. The van der Waals surface area contributed by atoms with Crippen molar-refractivity contribution in [2.75, 3.05) is 19.5 Å². The number of amides is 1. The first-order valence-electron chi connectivity index (χ1n) is 14.2. The molecule has 1 fully saturated rings. The van der Waals surface area contributed by atoms with E-state index in [2.05, 4.69) is 5.32 Å². The first-order valence-corrected chi connectivity index (χ1v) is 14.2. The summed E-state index contributed by atoms with van der Waals surface area (Å²) in [5.41, 5.74) is 1.99. The minimum absolute atomic E-state index is 0.0808. The van der Waals surface area contributed by atoms with Crippen molar-refractivity contribution < 1.29 is 33.4 Å². The Balaban J connectivity index is 1.66. The Morgan fingerprint density at radius 3 is 1.93 bits per heavy atom. The first-order chi connectivity index (χ1) is 20.4. The molecule has 1 N–H and O–H groups in total. The number of Topliss-reactive ketones (excluding diaryl/α,β-unsaturated/α-hetero) is 4. The average Bonchev–Trinajstić information content (AvgIpc) is 2.98. The molecular weight excluding hydrogens is 546 g/mol. The summed E-state index contributed by atoms with van der Waals surface area (Å²) in [5, 5.41) is 2.68. The van der Waals surface area contributed by atoms with Crippen LogP contribution in [0.4, 0.5) is 5.69 Å². The molecule has 0 aliphatic heterocycles. The van der Waals surface area contributed by atoms with E-state index in [0.29, 0.717) is 28.3 Å². The van der Waals surface area contributed by atoms with Gasteiger partial charge in [0.25, 0.3) is 5.91 Å². The molecule has 1 amide bonds. The van der Waals surface area contributed by atoms with E-state index >= 15 is 0 Å². The topological polar surface area (TPSA) is 116 Å². The van der Waals surface area contributed by atoms with Crippen molar-refractivity contribution in [3.05, 3.63) is 89.0 Å². The van der Waals surface area contributed by atoms with Crippen molar-refractivity contribution in [2.24, 2.45) is 17.3 Å². The number of hydrogen-bond donors (Lipinski definition) is 1. The van der Waals surface area contributed by atoms with Crippen molar-refractivity contribution in [1.29, 1.82) is 0 Å². The number of nitrogens with one attached hydrogen (secondary N) is 1. The Bertz CT molecular complexity index is 1530. The van der Waals surface area contributed by atoms with Crippen LogP contribution in [0.25, 0.3) is 0 Å². The van der Waals surface area contributed by atoms with Gasteiger partial charge in [-0.2, -0.15) is 0 Å². The quantitative estimate of drug-likeness (QED) is 0.185. The van der Waals surface area contributed by atoms with Crippen LogP contribution in [0, 0.1) is 31.1 Å². The summed E-state index contributed by atoms with van der Waals surface area (Å²) in [5.74, 6) is -5.33. The summed E-state index contributed by atoms with van der Waals surface area (Å²) < 4.78 is 10.5. The van der Waals surface area contributed by atoms with E-state index in [-0.39, 0.29) is 24.4 Å². The zero-order chi connectivity index (χ0) is 31.5. The van der Waals surface area contributed by atoms with Crippen molar-refractivity contribution in [2.45, 2.75) is 46.5 Å². The molecular formula is C35H37NO7. The number of para-hydroxylation sites is 1. The van der Waals surface area contributed by atoms with Crippen molar-refractivity contribution in [3.63, 3.8) is 0 Å². The number of carbonyl (C=O) groups is 5. The first kappa shape index (κ1) is 31.3. The van der Waals surface area contributed by atoms with Gasteiger partial charge in [0.15, 0.2) is 11.6 Å². The Labute approximate surface area is 251 Å². The lowest BCUT2D eigenvalue weighted by atomic mass is 9.60. The van der Waals surface area contributed by atoms with Gasteiger partial charge >= 0.3 is 0 Å². The van der Waals surface area contributed by atoms with Gasteiger partial charge in [0.1, 0.15) is 17.3 Å². The van der Waals surface area contributed by atoms with Gasteiger partial charge in [-0.05, 0) is 78.8 Å². The van der Waals surface area contributed by atoms with Crippen LogP contribution in [-0.4, -0.2) is 43.3 Å². The monoisotopic (exact) mass is 583 g/mol. The number of benzene rings is 3. The number of methoxy groups -OCH3 is 2. The third-order valence-electron chi connectivity index (χ3n) is 8.31. The van der Waals surface area contributed by atoms with Gasteiger partial charge in [-0.15, -0.1) is 0 Å². The second kappa shape index (κ2) is 12.7. The third kappa shape index (κ3) is 6.58.